The van der Waals surface area contributed by atoms with Crippen molar-refractivity contribution in [3.8, 4) is 11.4 Å². The lowest BCUT2D eigenvalue weighted by Crippen LogP contribution is -2.47. The third-order valence-corrected chi connectivity index (χ3v) is 8.76. The van der Waals surface area contributed by atoms with Gasteiger partial charge in [0.05, 0.1) is 22.8 Å². The fourth-order valence-electron chi connectivity index (χ4n) is 5.56. The number of fused-ring (bicyclic) bond motifs is 5. The van der Waals surface area contributed by atoms with Crippen LogP contribution in [0.25, 0.3) is 15.9 Å². The van der Waals surface area contributed by atoms with E-state index in [2.05, 4.69) is 10.6 Å². The molecule has 0 unspecified atom stereocenters. The lowest BCUT2D eigenvalue weighted by molar-refractivity contribution is -0.122. The Morgan fingerprint density at radius 2 is 1.82 bits per heavy atom. The van der Waals surface area contributed by atoms with Crippen molar-refractivity contribution in [3.05, 3.63) is 76.3 Å². The van der Waals surface area contributed by atoms with E-state index in [9.17, 15) is 14.4 Å². The average molecular weight is 558 g/mol. The van der Waals surface area contributed by atoms with E-state index >= 15 is 0 Å². The van der Waals surface area contributed by atoms with E-state index < -0.39 is 0 Å². The molecular weight excluding hydrogens is 526 g/mol. The maximum absolute atomic E-state index is 14.1. The second-order valence-electron chi connectivity index (χ2n) is 10.4. The van der Waals surface area contributed by atoms with Crippen molar-refractivity contribution in [1.82, 2.24) is 25.3 Å². The number of hydrogen-bond acceptors (Lipinski definition) is 6. The zero-order chi connectivity index (χ0) is 27.8. The Labute approximate surface area is 236 Å². The first-order chi connectivity index (χ1) is 19.4. The van der Waals surface area contributed by atoms with Gasteiger partial charge in [0.1, 0.15) is 17.2 Å². The van der Waals surface area contributed by atoms with Crippen molar-refractivity contribution in [2.75, 3.05) is 19.7 Å². The van der Waals surface area contributed by atoms with Crippen LogP contribution in [0.2, 0.25) is 0 Å². The number of para-hydroxylation sites is 1. The number of aromatic nitrogens is 2. The van der Waals surface area contributed by atoms with Crippen LogP contribution in [0, 0.1) is 13.8 Å². The Bertz CT molecular complexity index is 1590. The van der Waals surface area contributed by atoms with Crippen LogP contribution in [0.4, 0.5) is 0 Å². The Morgan fingerprint density at radius 3 is 2.65 bits per heavy atom. The van der Waals surface area contributed by atoms with Crippen molar-refractivity contribution in [1.29, 1.82) is 0 Å². The highest BCUT2D eigenvalue weighted by atomic mass is 32.1. The maximum atomic E-state index is 14.1. The van der Waals surface area contributed by atoms with Gasteiger partial charge in [-0.25, -0.2) is 4.68 Å². The van der Waals surface area contributed by atoms with Crippen LogP contribution in [-0.2, 0) is 4.79 Å². The Balaban J connectivity index is 1.31. The number of thiophene rings is 1. The van der Waals surface area contributed by atoms with E-state index in [4.69, 9.17) is 9.84 Å². The molecule has 2 aliphatic heterocycles. The number of nitrogens with zero attached hydrogens (tertiary/aromatic N) is 3. The van der Waals surface area contributed by atoms with E-state index in [0.29, 0.717) is 42.1 Å². The predicted octanol–water partition coefficient (Wildman–Crippen LogP) is 4.01. The van der Waals surface area contributed by atoms with Gasteiger partial charge in [-0.3, -0.25) is 14.4 Å². The van der Waals surface area contributed by atoms with Crippen LogP contribution in [0.3, 0.4) is 0 Å². The van der Waals surface area contributed by atoms with Gasteiger partial charge in [0.2, 0.25) is 5.91 Å². The van der Waals surface area contributed by atoms with Gasteiger partial charge in [0.15, 0.2) is 0 Å². The summed E-state index contributed by atoms with van der Waals surface area (Å²) in [5.41, 5.74) is 3.19. The summed E-state index contributed by atoms with van der Waals surface area (Å²) in [7, 11) is 0. The molecule has 1 fully saturated rings. The van der Waals surface area contributed by atoms with E-state index in [-0.39, 0.29) is 42.8 Å². The number of benzene rings is 2. The molecule has 6 rings (SSSR count). The lowest BCUT2D eigenvalue weighted by atomic mass is 10.1. The average Bonchev–Trinajstić information content (AvgIpc) is 3.65. The first-order valence-corrected chi connectivity index (χ1v) is 14.4. The molecule has 9 nitrogen and oxygen atoms in total. The van der Waals surface area contributed by atoms with Crippen LogP contribution >= 0.6 is 11.3 Å². The molecule has 4 aromatic rings. The molecular formula is C30H31N5O4S. The fourth-order valence-corrected chi connectivity index (χ4v) is 6.69. The molecule has 0 saturated carbocycles. The number of rotatable bonds is 2. The molecule has 2 aromatic heterocycles. The maximum Gasteiger partial charge on any atom is 0.264 e. The second kappa shape index (κ2) is 10.8. The Hall–Kier alpha value is -4.18. The minimum absolute atomic E-state index is 0.122. The molecule has 2 atom stereocenters. The summed E-state index contributed by atoms with van der Waals surface area (Å²) in [6.07, 6.45) is 1.59. The molecule has 0 radical (unpaired) electrons. The third kappa shape index (κ3) is 4.95. The molecule has 2 N–H and O–H groups in total. The molecule has 4 bridgehead atoms. The van der Waals surface area contributed by atoms with Crippen molar-refractivity contribution < 1.29 is 19.1 Å². The Kier molecular flexibility index (Phi) is 7.02. The normalized spacial score (nSPS) is 19.9. The zero-order valence-corrected chi connectivity index (χ0v) is 23.3. The predicted molar refractivity (Wildman–Crippen MR) is 153 cm³/mol. The number of carbonyl (C=O) groups excluding carboxylic acids is 3. The number of nitrogens with one attached hydrogen (secondary N) is 2. The van der Waals surface area contributed by atoms with E-state index in [1.807, 2.05) is 65.9 Å². The molecule has 2 aliphatic rings. The SMILES string of the molecule is Cc1ccc2cc1OCCNC(=O)C[C@@H]1CC[C@H](CNC2=O)N1C(=O)c1cc2c(C)nn(-c3ccccc3)c2s1. The van der Waals surface area contributed by atoms with Gasteiger partial charge in [-0.05, 0) is 62.6 Å². The molecule has 10 heteroatoms. The van der Waals surface area contributed by atoms with Gasteiger partial charge in [-0.1, -0.05) is 24.3 Å². The lowest BCUT2D eigenvalue weighted by Gasteiger charge is -2.30. The number of aryl methyl sites for hydroxylation is 2. The summed E-state index contributed by atoms with van der Waals surface area (Å²) in [6, 6.07) is 16.6. The summed E-state index contributed by atoms with van der Waals surface area (Å²) < 4.78 is 7.71. The largest absolute Gasteiger partial charge is 0.491 e. The van der Waals surface area contributed by atoms with Crippen molar-refractivity contribution in [2.24, 2.45) is 0 Å². The van der Waals surface area contributed by atoms with E-state index in [1.54, 1.807) is 12.1 Å². The van der Waals surface area contributed by atoms with Gasteiger partial charge >= 0.3 is 0 Å². The minimum atomic E-state index is -0.263. The highest BCUT2D eigenvalue weighted by Crippen LogP contribution is 2.34. The minimum Gasteiger partial charge on any atom is -0.491 e. The van der Waals surface area contributed by atoms with Gasteiger partial charge < -0.3 is 20.3 Å². The monoisotopic (exact) mass is 557 g/mol. The number of amides is 3. The number of hydrogen-bond donors (Lipinski definition) is 2. The molecule has 40 heavy (non-hydrogen) atoms. The highest BCUT2D eigenvalue weighted by molar-refractivity contribution is 7.20. The summed E-state index contributed by atoms with van der Waals surface area (Å²) in [6.45, 7) is 4.78. The van der Waals surface area contributed by atoms with Gasteiger partial charge in [-0.2, -0.15) is 5.10 Å². The fraction of sp³-hybridized carbons (Fsp3) is 0.333. The van der Waals surface area contributed by atoms with Crippen LogP contribution < -0.4 is 15.4 Å². The quantitative estimate of drug-likeness (QED) is 0.388. The molecule has 3 amide bonds. The number of ether oxygens (including phenoxy) is 1. The third-order valence-electron chi connectivity index (χ3n) is 7.66. The van der Waals surface area contributed by atoms with Crippen LogP contribution in [-0.4, -0.2) is 64.2 Å². The second-order valence-corrected chi connectivity index (χ2v) is 11.4. The van der Waals surface area contributed by atoms with E-state index in [0.717, 1.165) is 27.2 Å². The molecule has 2 aromatic carbocycles. The van der Waals surface area contributed by atoms with Crippen molar-refractivity contribution >= 4 is 39.3 Å². The highest BCUT2D eigenvalue weighted by Gasteiger charge is 2.39. The zero-order valence-electron chi connectivity index (χ0n) is 22.5. The standard InChI is InChI=1S/C30H31N5O4S/c1-18-8-9-20-14-25(18)39-13-12-31-27(36)15-22-10-11-23(17-32-28(20)37)34(22)29(38)26-16-24-19(2)33-35(30(24)40-26)21-6-4-3-5-7-21/h3-9,14,16,22-23H,10-13,15,17H2,1-2H3,(H,31,36)(H,32,37)/t22-,23+/m0/s1. The Morgan fingerprint density at radius 1 is 1.02 bits per heavy atom. The smallest absolute Gasteiger partial charge is 0.264 e. The van der Waals surface area contributed by atoms with E-state index in [1.165, 1.54) is 11.3 Å². The van der Waals surface area contributed by atoms with Crippen LogP contribution in [0.1, 0.15) is 50.5 Å². The topological polar surface area (TPSA) is 106 Å². The first kappa shape index (κ1) is 26.1. The van der Waals surface area contributed by atoms with Gasteiger partial charge in [0.25, 0.3) is 11.8 Å². The van der Waals surface area contributed by atoms with Gasteiger partial charge in [-0.15, -0.1) is 11.3 Å². The summed E-state index contributed by atoms with van der Waals surface area (Å²) >= 11 is 1.41. The molecule has 206 valence electrons. The molecule has 4 heterocycles. The van der Waals surface area contributed by atoms with Crippen LogP contribution in [0.15, 0.2) is 54.6 Å². The summed E-state index contributed by atoms with van der Waals surface area (Å²) in [5.74, 6) is 0.151. The number of carbonyl (C=O) groups is 3. The molecule has 1 saturated heterocycles. The van der Waals surface area contributed by atoms with Crippen molar-refractivity contribution in [2.45, 2.75) is 45.2 Å². The molecule has 0 aliphatic carbocycles. The van der Waals surface area contributed by atoms with Gasteiger partial charge in [0, 0.05) is 36.0 Å². The van der Waals surface area contributed by atoms with Crippen molar-refractivity contribution in [3.63, 3.8) is 0 Å². The summed E-state index contributed by atoms with van der Waals surface area (Å²) in [5, 5.41) is 11.6. The first-order valence-electron chi connectivity index (χ1n) is 13.5. The van der Waals surface area contributed by atoms with Crippen LogP contribution in [0.5, 0.6) is 5.75 Å². The molecule has 0 spiro atoms. The summed E-state index contributed by atoms with van der Waals surface area (Å²) in [4.78, 5) is 43.3.